The zero-order chi connectivity index (χ0) is 32.4. The quantitative estimate of drug-likeness (QED) is 0.289. The van der Waals surface area contributed by atoms with Crippen molar-refractivity contribution in [2.75, 3.05) is 36.6 Å². The van der Waals surface area contributed by atoms with Gasteiger partial charge in [-0.1, -0.05) is 6.92 Å². The van der Waals surface area contributed by atoms with Crippen LogP contribution in [0.4, 0.5) is 24.5 Å². The highest BCUT2D eigenvalue weighted by atomic mass is 32.1. The molecule has 3 heterocycles. The molecular formula is C31H38F3N5O4S. The first-order chi connectivity index (χ1) is 20.7. The Balaban J connectivity index is 1.46. The van der Waals surface area contributed by atoms with Crippen LogP contribution in [0.3, 0.4) is 0 Å². The summed E-state index contributed by atoms with van der Waals surface area (Å²) in [6, 6.07) is 7.57. The van der Waals surface area contributed by atoms with Crippen LogP contribution < -0.4 is 14.5 Å². The molecule has 0 saturated carbocycles. The van der Waals surface area contributed by atoms with Crippen molar-refractivity contribution >= 4 is 35.9 Å². The van der Waals surface area contributed by atoms with E-state index in [0.717, 1.165) is 55.9 Å². The van der Waals surface area contributed by atoms with Gasteiger partial charge in [0, 0.05) is 5.69 Å². The van der Waals surface area contributed by atoms with Crippen LogP contribution in [0.2, 0.25) is 0 Å². The smallest absolute Gasteiger partial charge is 0.419 e. The molecule has 1 aromatic heterocycles. The molecule has 0 bridgehead atoms. The Morgan fingerprint density at radius 1 is 1.23 bits per heavy atom. The number of halogens is 3. The number of likely N-dealkylation sites (tertiary alicyclic amines) is 1. The molecule has 44 heavy (non-hydrogen) atoms. The van der Waals surface area contributed by atoms with Crippen LogP contribution in [0.5, 0.6) is 5.75 Å². The van der Waals surface area contributed by atoms with E-state index in [0.29, 0.717) is 24.6 Å². The summed E-state index contributed by atoms with van der Waals surface area (Å²) in [7, 11) is 1.40. The summed E-state index contributed by atoms with van der Waals surface area (Å²) < 4.78 is 52.0. The van der Waals surface area contributed by atoms with Gasteiger partial charge in [-0.25, -0.2) is 4.98 Å². The predicted octanol–water partition coefficient (Wildman–Crippen LogP) is 5.42. The third-order valence-corrected chi connectivity index (χ3v) is 9.06. The molecule has 0 radical (unpaired) electrons. The summed E-state index contributed by atoms with van der Waals surface area (Å²) >= 11 is 4.67. The van der Waals surface area contributed by atoms with Crippen LogP contribution in [-0.4, -0.2) is 65.6 Å². The van der Waals surface area contributed by atoms with Crippen molar-refractivity contribution in [3.05, 3.63) is 47.3 Å². The number of aromatic nitrogens is 1. The molecule has 0 unspecified atom stereocenters. The monoisotopic (exact) mass is 633 g/mol. The topological polar surface area (TPSA) is 99.0 Å². The molecule has 2 aromatic rings. The molecule has 1 amide bonds. The highest BCUT2D eigenvalue weighted by molar-refractivity contribution is 7.81. The molecule has 2 atom stereocenters. The van der Waals surface area contributed by atoms with Gasteiger partial charge < -0.3 is 14.4 Å². The van der Waals surface area contributed by atoms with Crippen molar-refractivity contribution < 1.29 is 32.2 Å². The van der Waals surface area contributed by atoms with Gasteiger partial charge in [-0.05, 0) is 95.3 Å². The van der Waals surface area contributed by atoms with Gasteiger partial charge in [0.2, 0.25) is 0 Å². The Hall–Kier alpha value is -3.50. The van der Waals surface area contributed by atoms with Crippen molar-refractivity contribution in [3.63, 3.8) is 0 Å². The standard InChI is InChI=1S/C31H38F3N5O4S/c1-6-21-15-22(7-8-26(21)43-14-11-20-9-12-37(13-10-20)19(2)27(40)42-5)39-29(44)38(28(41)30(39,3)4)23-16-24(31(32,33)34)25(17-35)36-18-23/h7-8,15-16,18-20,29,44H,6,9-14H2,1-5H3/t19-,29+/m0/s1. The molecule has 238 valence electrons. The fraction of sp³-hybridized carbons (Fsp3) is 0.548. The molecule has 1 aromatic carbocycles. The average molecular weight is 634 g/mol. The van der Waals surface area contributed by atoms with E-state index < -0.39 is 34.4 Å². The number of carbonyl (C=O) groups is 2. The maximum absolute atomic E-state index is 13.6. The lowest BCUT2D eigenvalue weighted by Crippen LogP contribution is -2.45. The zero-order valence-electron chi connectivity index (χ0n) is 25.5. The average Bonchev–Trinajstić information content (AvgIpc) is 3.18. The highest BCUT2D eigenvalue weighted by Gasteiger charge is 2.52. The molecule has 2 fully saturated rings. The van der Waals surface area contributed by atoms with E-state index in [-0.39, 0.29) is 17.7 Å². The Bertz CT molecular complexity index is 1420. The number of esters is 1. The number of anilines is 2. The number of nitriles is 1. The number of nitrogens with zero attached hydrogens (tertiary/aromatic N) is 5. The summed E-state index contributed by atoms with van der Waals surface area (Å²) in [4.78, 5) is 34.2. The SMILES string of the molecule is CCc1cc(N2[C@H](S)N(c3cnc(C#N)c(C(F)(F)F)c3)C(=O)C2(C)C)ccc1OCCC1CCN([C@@H](C)C(=O)OC)CC1. The van der Waals surface area contributed by atoms with Crippen LogP contribution in [-0.2, 0) is 26.9 Å². The van der Waals surface area contributed by atoms with Gasteiger partial charge >= 0.3 is 12.1 Å². The maximum Gasteiger partial charge on any atom is 0.419 e. The fourth-order valence-corrected chi connectivity index (χ4v) is 6.58. The van der Waals surface area contributed by atoms with E-state index in [1.165, 1.54) is 18.1 Å². The minimum atomic E-state index is -4.82. The number of alkyl halides is 3. The van der Waals surface area contributed by atoms with Crippen molar-refractivity contribution in [2.45, 2.75) is 76.6 Å². The van der Waals surface area contributed by atoms with E-state index in [2.05, 4.69) is 22.5 Å². The zero-order valence-corrected chi connectivity index (χ0v) is 26.4. The summed E-state index contributed by atoms with van der Waals surface area (Å²) in [5, 5.41) is 9.12. The number of methoxy groups -OCH3 is 1. The van der Waals surface area contributed by atoms with E-state index in [9.17, 15) is 22.8 Å². The van der Waals surface area contributed by atoms with Gasteiger partial charge in [0.15, 0.2) is 11.2 Å². The van der Waals surface area contributed by atoms with Gasteiger partial charge in [-0.2, -0.15) is 18.4 Å². The van der Waals surface area contributed by atoms with Crippen molar-refractivity contribution in [2.24, 2.45) is 5.92 Å². The van der Waals surface area contributed by atoms with Gasteiger partial charge in [-0.3, -0.25) is 19.4 Å². The lowest BCUT2D eigenvalue weighted by atomic mass is 9.93. The van der Waals surface area contributed by atoms with Crippen LogP contribution in [0.15, 0.2) is 30.5 Å². The molecule has 0 aliphatic carbocycles. The maximum atomic E-state index is 13.6. The molecule has 2 aliphatic heterocycles. The third kappa shape index (κ3) is 6.61. The van der Waals surface area contributed by atoms with E-state index in [1.54, 1.807) is 18.7 Å². The number of rotatable bonds is 9. The number of benzene rings is 1. The van der Waals surface area contributed by atoms with Gasteiger partial charge in [0.05, 0.1) is 31.2 Å². The first-order valence-corrected chi connectivity index (χ1v) is 15.1. The normalized spacial score (nSPS) is 20.0. The minimum Gasteiger partial charge on any atom is -0.493 e. The molecular weight excluding hydrogens is 595 g/mol. The second-order valence-corrected chi connectivity index (χ2v) is 12.1. The third-order valence-electron chi connectivity index (χ3n) is 8.59. The van der Waals surface area contributed by atoms with Crippen LogP contribution in [0, 0.1) is 17.2 Å². The number of aryl methyl sites for hydroxylation is 1. The predicted molar refractivity (Wildman–Crippen MR) is 162 cm³/mol. The number of hydrogen-bond donors (Lipinski definition) is 1. The van der Waals surface area contributed by atoms with Gasteiger partial charge in [0.25, 0.3) is 5.91 Å². The van der Waals surface area contributed by atoms with Crippen LogP contribution >= 0.6 is 12.6 Å². The number of ether oxygens (including phenoxy) is 2. The number of piperidine rings is 1. The number of carbonyl (C=O) groups excluding carboxylic acids is 2. The molecule has 4 rings (SSSR count). The Kier molecular flexibility index (Phi) is 10.0. The number of thiol groups is 1. The Morgan fingerprint density at radius 3 is 2.50 bits per heavy atom. The number of pyridine rings is 1. The van der Waals surface area contributed by atoms with Crippen LogP contribution in [0.1, 0.15) is 63.8 Å². The Labute approximate surface area is 261 Å². The first-order valence-electron chi connectivity index (χ1n) is 14.6. The van der Waals surface area contributed by atoms with Gasteiger partial charge in [0.1, 0.15) is 23.4 Å². The van der Waals surface area contributed by atoms with E-state index in [4.69, 9.17) is 14.7 Å². The summed E-state index contributed by atoms with van der Waals surface area (Å²) in [6.45, 7) is 9.44. The molecule has 0 spiro atoms. The fourth-order valence-electron chi connectivity index (χ4n) is 5.92. The molecule has 0 N–H and O–H groups in total. The van der Waals surface area contributed by atoms with Crippen LogP contribution in [0.25, 0.3) is 0 Å². The molecule has 2 saturated heterocycles. The Morgan fingerprint density at radius 2 is 1.91 bits per heavy atom. The summed E-state index contributed by atoms with van der Waals surface area (Å²) in [5.74, 6) is 0.544. The lowest BCUT2D eigenvalue weighted by Gasteiger charge is -2.35. The highest BCUT2D eigenvalue weighted by Crippen LogP contribution is 2.42. The lowest BCUT2D eigenvalue weighted by molar-refractivity contribution is -0.147. The largest absolute Gasteiger partial charge is 0.493 e. The van der Waals surface area contributed by atoms with E-state index >= 15 is 0 Å². The molecule has 2 aliphatic rings. The second-order valence-electron chi connectivity index (χ2n) is 11.6. The van der Waals surface area contributed by atoms with Gasteiger partial charge in [-0.15, -0.1) is 12.6 Å². The van der Waals surface area contributed by atoms with Crippen molar-refractivity contribution in [3.8, 4) is 11.8 Å². The number of amides is 1. The summed E-state index contributed by atoms with van der Waals surface area (Å²) in [6.07, 6.45) is -0.241. The van der Waals surface area contributed by atoms with Crippen molar-refractivity contribution in [1.82, 2.24) is 9.88 Å². The van der Waals surface area contributed by atoms with E-state index in [1.807, 2.05) is 32.0 Å². The molecule has 13 heteroatoms. The number of hydrogen-bond acceptors (Lipinski definition) is 9. The second kappa shape index (κ2) is 13.2. The first kappa shape index (κ1) is 33.4. The van der Waals surface area contributed by atoms with Crippen molar-refractivity contribution in [1.29, 1.82) is 5.26 Å². The summed E-state index contributed by atoms with van der Waals surface area (Å²) in [5.41, 5.74) is -2.56. The molecule has 9 nitrogen and oxygen atoms in total. The minimum absolute atomic E-state index is 0.0989.